The molecule has 1 aromatic heterocycles. The van der Waals surface area contributed by atoms with E-state index in [0.717, 1.165) is 27.5 Å². The minimum absolute atomic E-state index is 0.00502. The van der Waals surface area contributed by atoms with Gasteiger partial charge in [-0.05, 0) is 24.6 Å². The predicted molar refractivity (Wildman–Crippen MR) is 131 cm³/mol. The normalized spacial score (nSPS) is 15.3. The molecular formula is C23H24N4O5S2. The first-order chi connectivity index (χ1) is 16.1. The molecule has 1 aliphatic heterocycles. The number of aromatic nitrogens is 1. The second kappa shape index (κ2) is 9.43. The van der Waals surface area contributed by atoms with E-state index in [-0.39, 0.29) is 23.5 Å². The summed E-state index contributed by atoms with van der Waals surface area (Å²) in [6.45, 7) is 2.00. The van der Waals surface area contributed by atoms with E-state index in [0.29, 0.717) is 28.6 Å². The summed E-state index contributed by atoms with van der Waals surface area (Å²) in [4.78, 5) is 32.5. The van der Waals surface area contributed by atoms with Crippen LogP contribution >= 0.6 is 11.3 Å². The summed E-state index contributed by atoms with van der Waals surface area (Å²) in [6.07, 6.45) is 0.163. The number of hydrogen-bond acceptors (Lipinski definition) is 7. The molecule has 2 aromatic carbocycles. The molecule has 34 heavy (non-hydrogen) atoms. The van der Waals surface area contributed by atoms with Crippen LogP contribution in [0.3, 0.4) is 0 Å². The monoisotopic (exact) mass is 500 g/mol. The highest BCUT2D eigenvalue weighted by Gasteiger charge is 2.35. The molecule has 1 atom stereocenters. The van der Waals surface area contributed by atoms with Crippen molar-refractivity contribution in [1.29, 1.82) is 0 Å². The number of fused-ring (bicyclic) bond motifs is 1. The Hall–Kier alpha value is -3.44. The minimum Gasteiger partial charge on any atom is -0.477 e. The van der Waals surface area contributed by atoms with E-state index < -0.39 is 16.1 Å². The number of thiazole rings is 1. The zero-order valence-corrected chi connectivity index (χ0v) is 20.5. The van der Waals surface area contributed by atoms with Crippen molar-refractivity contribution in [2.75, 3.05) is 29.1 Å². The molecule has 0 radical (unpaired) electrons. The van der Waals surface area contributed by atoms with Gasteiger partial charge in [-0.15, -0.1) is 0 Å². The van der Waals surface area contributed by atoms with Crippen LogP contribution < -0.4 is 19.3 Å². The first-order valence-electron chi connectivity index (χ1n) is 10.5. The number of rotatable bonds is 6. The number of nitrogens with zero attached hydrogens (tertiary/aromatic N) is 3. The van der Waals surface area contributed by atoms with E-state index >= 15 is 0 Å². The molecule has 4 rings (SSSR count). The second-order valence-corrected chi connectivity index (χ2v) is 10.8. The largest absolute Gasteiger partial charge is 0.477 e. The molecule has 1 aliphatic rings. The van der Waals surface area contributed by atoms with Gasteiger partial charge in [0.05, 0.1) is 24.2 Å². The number of amides is 2. The second-order valence-electron chi connectivity index (χ2n) is 7.83. The number of sulfonamides is 1. The Kier molecular flexibility index (Phi) is 6.58. The van der Waals surface area contributed by atoms with Gasteiger partial charge in [-0.3, -0.25) is 14.5 Å². The Morgan fingerprint density at radius 3 is 2.56 bits per heavy atom. The number of carbonyl (C=O) groups is 2. The molecule has 11 heteroatoms. The fourth-order valence-electron chi connectivity index (χ4n) is 3.44. The lowest BCUT2D eigenvalue weighted by molar-refractivity contribution is -0.127. The van der Waals surface area contributed by atoms with Crippen LogP contribution in [0.25, 0.3) is 0 Å². The number of benzene rings is 2. The fourth-order valence-corrected chi connectivity index (χ4v) is 5.17. The average molecular weight is 501 g/mol. The molecular weight excluding hydrogens is 476 g/mol. The van der Waals surface area contributed by atoms with Crippen LogP contribution in [0.1, 0.15) is 20.9 Å². The molecule has 0 aliphatic carbocycles. The van der Waals surface area contributed by atoms with Crippen molar-refractivity contribution in [2.45, 2.75) is 19.6 Å². The summed E-state index contributed by atoms with van der Waals surface area (Å²) in [5, 5.41) is 3.06. The van der Waals surface area contributed by atoms with Gasteiger partial charge in [0.25, 0.3) is 11.8 Å². The van der Waals surface area contributed by atoms with Gasteiger partial charge < -0.3 is 10.1 Å². The molecule has 1 unspecified atom stereocenters. The maximum Gasteiger partial charge on any atom is 0.270 e. The van der Waals surface area contributed by atoms with E-state index in [1.165, 1.54) is 11.9 Å². The summed E-state index contributed by atoms with van der Waals surface area (Å²) in [5.41, 5.74) is 1.89. The molecule has 0 saturated carbocycles. The van der Waals surface area contributed by atoms with Crippen molar-refractivity contribution in [2.24, 2.45) is 0 Å². The maximum absolute atomic E-state index is 13.6. The first-order valence-corrected chi connectivity index (χ1v) is 13.1. The predicted octanol–water partition coefficient (Wildman–Crippen LogP) is 2.57. The Labute approximate surface area is 202 Å². The Morgan fingerprint density at radius 1 is 1.18 bits per heavy atom. The van der Waals surface area contributed by atoms with Crippen molar-refractivity contribution in [1.82, 2.24) is 10.3 Å². The Morgan fingerprint density at radius 2 is 1.85 bits per heavy atom. The summed E-state index contributed by atoms with van der Waals surface area (Å²) >= 11 is 0.991. The lowest BCUT2D eigenvalue weighted by Crippen LogP contribution is -2.50. The third-order valence-electron chi connectivity index (χ3n) is 5.37. The topological polar surface area (TPSA) is 109 Å². The zero-order valence-electron chi connectivity index (χ0n) is 18.9. The van der Waals surface area contributed by atoms with Crippen LogP contribution in [-0.2, 0) is 21.4 Å². The Bertz CT molecular complexity index is 1320. The summed E-state index contributed by atoms with van der Waals surface area (Å²) in [6, 6.07) is 16.5. The molecule has 0 spiro atoms. The highest BCUT2D eigenvalue weighted by Crippen LogP contribution is 2.36. The van der Waals surface area contributed by atoms with Crippen LogP contribution in [0.15, 0.2) is 54.6 Å². The van der Waals surface area contributed by atoms with Gasteiger partial charge in [0.15, 0.2) is 11.2 Å². The van der Waals surface area contributed by atoms with Gasteiger partial charge in [0.2, 0.25) is 10.0 Å². The number of aryl methyl sites for hydroxylation is 1. The molecule has 9 nitrogen and oxygen atoms in total. The van der Waals surface area contributed by atoms with Gasteiger partial charge in [0.1, 0.15) is 10.6 Å². The van der Waals surface area contributed by atoms with Crippen molar-refractivity contribution in [3.05, 3.63) is 70.7 Å². The van der Waals surface area contributed by atoms with E-state index in [4.69, 9.17) is 4.74 Å². The van der Waals surface area contributed by atoms with E-state index in [2.05, 4.69) is 10.3 Å². The van der Waals surface area contributed by atoms with Crippen LogP contribution in [0, 0.1) is 6.92 Å². The summed E-state index contributed by atoms with van der Waals surface area (Å²) in [7, 11) is -2.14. The SMILES string of the molecule is Cc1nc(N(C)S(C)(=O)=O)sc1C(=O)N1CC(C(=O)NCc2ccccc2)Oc2ccccc21. The highest BCUT2D eigenvalue weighted by atomic mass is 32.2. The number of anilines is 2. The Balaban J connectivity index is 1.59. The third kappa shape index (κ3) is 4.90. The number of ether oxygens (including phenoxy) is 1. The standard InChI is InChI=1S/C23H24N4O5S2/c1-15-20(33-23(25-15)26(2)34(3,30)31)22(29)27-14-19(32-18-12-8-7-11-17(18)27)21(28)24-13-16-9-5-4-6-10-16/h4-12,19H,13-14H2,1-3H3,(H,24,28). The van der Waals surface area contributed by atoms with Crippen LogP contribution in [-0.4, -0.2) is 51.2 Å². The average Bonchev–Trinajstić information content (AvgIpc) is 3.22. The first kappa shape index (κ1) is 23.7. The molecule has 178 valence electrons. The summed E-state index contributed by atoms with van der Waals surface area (Å²) < 4.78 is 30.8. The molecule has 2 amide bonds. The number of nitrogens with one attached hydrogen (secondary N) is 1. The van der Waals surface area contributed by atoms with Crippen LogP contribution in [0.2, 0.25) is 0 Å². The third-order valence-corrected chi connectivity index (χ3v) is 7.87. The van der Waals surface area contributed by atoms with E-state index in [1.54, 1.807) is 31.2 Å². The van der Waals surface area contributed by atoms with Gasteiger partial charge in [0, 0.05) is 13.6 Å². The van der Waals surface area contributed by atoms with Crippen LogP contribution in [0.5, 0.6) is 5.75 Å². The molecule has 1 N–H and O–H groups in total. The molecule has 0 fully saturated rings. The van der Waals surface area contributed by atoms with Crippen LogP contribution in [0.4, 0.5) is 10.8 Å². The number of para-hydroxylation sites is 2. The zero-order chi connectivity index (χ0) is 24.5. The van der Waals surface area contributed by atoms with Crippen molar-refractivity contribution >= 4 is 44.0 Å². The van der Waals surface area contributed by atoms with Gasteiger partial charge in [-0.1, -0.05) is 53.8 Å². The highest BCUT2D eigenvalue weighted by molar-refractivity contribution is 7.92. The number of hydrogen-bond donors (Lipinski definition) is 1. The van der Waals surface area contributed by atoms with Crippen molar-refractivity contribution < 1.29 is 22.7 Å². The maximum atomic E-state index is 13.6. The van der Waals surface area contributed by atoms with Crippen molar-refractivity contribution in [3.63, 3.8) is 0 Å². The molecule has 0 saturated heterocycles. The van der Waals surface area contributed by atoms with E-state index in [9.17, 15) is 18.0 Å². The van der Waals surface area contributed by atoms with Gasteiger partial charge >= 0.3 is 0 Å². The minimum atomic E-state index is -3.52. The lowest BCUT2D eigenvalue weighted by Gasteiger charge is -2.34. The molecule has 2 heterocycles. The smallest absolute Gasteiger partial charge is 0.270 e. The van der Waals surface area contributed by atoms with Gasteiger partial charge in [-0.25, -0.2) is 17.7 Å². The van der Waals surface area contributed by atoms with Crippen molar-refractivity contribution in [3.8, 4) is 5.75 Å². The summed E-state index contributed by atoms with van der Waals surface area (Å²) in [5.74, 6) is -0.299. The van der Waals surface area contributed by atoms with E-state index in [1.807, 2.05) is 30.3 Å². The molecule has 0 bridgehead atoms. The van der Waals surface area contributed by atoms with Gasteiger partial charge in [-0.2, -0.15) is 0 Å². The quantitative estimate of drug-likeness (QED) is 0.557. The number of carbonyl (C=O) groups excluding carboxylic acids is 2. The molecule has 3 aromatic rings. The lowest BCUT2D eigenvalue weighted by atomic mass is 10.1. The fraction of sp³-hybridized carbons (Fsp3) is 0.261.